The van der Waals surface area contributed by atoms with Gasteiger partial charge in [-0.1, -0.05) is 48.4 Å². The molecule has 3 aromatic rings. The van der Waals surface area contributed by atoms with Gasteiger partial charge in [0.25, 0.3) is 0 Å². The average molecular weight is 440 g/mol. The zero-order chi connectivity index (χ0) is 20.4. The van der Waals surface area contributed by atoms with Crippen LogP contribution in [0.15, 0.2) is 35.1 Å². The van der Waals surface area contributed by atoms with Crippen molar-refractivity contribution in [3.63, 3.8) is 0 Å². The van der Waals surface area contributed by atoms with E-state index in [1.54, 1.807) is 25.3 Å². The maximum Gasteiger partial charge on any atom is 0.307 e. The second-order valence-corrected chi connectivity index (χ2v) is 8.39. The standard InChI is InChI=1S/C20H19Cl2NO4S/c1-10(2)13-9-12(4-5-16(13)26-3)27-18-14(21)6-11(7-15(18)22)8-17-19(24)23-20(25)28-17/h4-7,9-10,24H,8H2,1-3H3,(H,23,25). The lowest BCUT2D eigenvalue weighted by Crippen LogP contribution is -1.96. The van der Waals surface area contributed by atoms with Gasteiger partial charge >= 0.3 is 4.87 Å². The van der Waals surface area contributed by atoms with E-state index in [9.17, 15) is 9.90 Å². The summed E-state index contributed by atoms with van der Waals surface area (Å²) in [7, 11) is 1.63. The third-order valence-electron chi connectivity index (χ3n) is 4.17. The highest BCUT2D eigenvalue weighted by molar-refractivity contribution is 7.09. The molecule has 1 aromatic heterocycles. The minimum absolute atomic E-state index is 0.137. The van der Waals surface area contributed by atoms with Gasteiger partial charge in [0.2, 0.25) is 5.88 Å². The van der Waals surface area contributed by atoms with Gasteiger partial charge in [-0.3, -0.25) is 9.78 Å². The molecule has 28 heavy (non-hydrogen) atoms. The van der Waals surface area contributed by atoms with Crippen molar-refractivity contribution in [3.8, 4) is 23.1 Å². The van der Waals surface area contributed by atoms with Gasteiger partial charge in [0.05, 0.1) is 22.0 Å². The SMILES string of the molecule is COc1ccc(Oc2c(Cl)cc(Cc3sc(=O)[nH]c3O)cc2Cl)cc1C(C)C. The van der Waals surface area contributed by atoms with Crippen LogP contribution >= 0.6 is 34.5 Å². The first-order valence-electron chi connectivity index (χ1n) is 8.53. The topological polar surface area (TPSA) is 71.5 Å². The Labute approximate surface area is 176 Å². The minimum atomic E-state index is -0.315. The van der Waals surface area contributed by atoms with E-state index in [0.29, 0.717) is 32.8 Å². The maximum atomic E-state index is 11.3. The molecule has 3 rings (SSSR count). The second-order valence-electron chi connectivity index (χ2n) is 6.51. The normalized spacial score (nSPS) is 11.1. The molecule has 0 fully saturated rings. The van der Waals surface area contributed by atoms with Gasteiger partial charge in [-0.2, -0.15) is 0 Å². The molecular weight excluding hydrogens is 421 g/mol. The fourth-order valence-electron chi connectivity index (χ4n) is 2.81. The molecule has 2 aromatic carbocycles. The van der Waals surface area contributed by atoms with Crippen LogP contribution in [-0.2, 0) is 6.42 Å². The predicted octanol–water partition coefficient (Wildman–Crippen LogP) is 5.96. The Morgan fingerprint density at radius 3 is 2.39 bits per heavy atom. The molecule has 0 bridgehead atoms. The zero-order valence-corrected chi connectivity index (χ0v) is 17.8. The number of thiazole rings is 1. The summed E-state index contributed by atoms with van der Waals surface area (Å²) in [4.78, 5) is 13.9. The number of H-pyrrole nitrogens is 1. The first kappa shape index (κ1) is 20.6. The van der Waals surface area contributed by atoms with E-state index >= 15 is 0 Å². The Hall–Kier alpha value is -2.15. The average Bonchev–Trinajstić information content (AvgIpc) is 2.95. The minimum Gasteiger partial charge on any atom is -0.496 e. The van der Waals surface area contributed by atoms with Crippen LogP contribution in [0.5, 0.6) is 23.1 Å². The highest BCUT2D eigenvalue weighted by Crippen LogP contribution is 2.40. The maximum absolute atomic E-state index is 11.3. The summed E-state index contributed by atoms with van der Waals surface area (Å²) in [6.07, 6.45) is 0.328. The lowest BCUT2D eigenvalue weighted by atomic mass is 10.0. The number of ether oxygens (including phenoxy) is 2. The van der Waals surface area contributed by atoms with Gasteiger partial charge in [-0.15, -0.1) is 0 Å². The van der Waals surface area contributed by atoms with Crippen LogP contribution in [0.1, 0.15) is 35.8 Å². The van der Waals surface area contributed by atoms with Crippen LogP contribution in [0.3, 0.4) is 0 Å². The van der Waals surface area contributed by atoms with Gasteiger partial charge in [0.15, 0.2) is 5.75 Å². The monoisotopic (exact) mass is 439 g/mol. The molecule has 0 saturated heterocycles. The highest BCUT2D eigenvalue weighted by Gasteiger charge is 2.15. The molecule has 5 nitrogen and oxygen atoms in total. The van der Waals surface area contributed by atoms with E-state index in [2.05, 4.69) is 18.8 Å². The molecule has 0 unspecified atom stereocenters. The Balaban J connectivity index is 1.88. The Bertz CT molecular complexity index is 1040. The number of aromatic hydroxyl groups is 1. The third kappa shape index (κ3) is 4.46. The molecular formula is C20H19Cl2NO4S. The summed E-state index contributed by atoms with van der Waals surface area (Å²) in [5.41, 5.74) is 1.77. The Morgan fingerprint density at radius 2 is 1.86 bits per heavy atom. The number of methoxy groups -OCH3 is 1. The molecule has 0 amide bonds. The number of benzene rings is 2. The molecule has 2 N–H and O–H groups in total. The molecule has 0 atom stereocenters. The lowest BCUT2D eigenvalue weighted by molar-refractivity contribution is 0.405. The van der Waals surface area contributed by atoms with E-state index < -0.39 is 0 Å². The number of hydrogen-bond acceptors (Lipinski definition) is 5. The fraction of sp³-hybridized carbons (Fsp3) is 0.250. The van der Waals surface area contributed by atoms with E-state index in [1.807, 2.05) is 12.1 Å². The van der Waals surface area contributed by atoms with Crippen LogP contribution in [0.25, 0.3) is 0 Å². The number of aromatic amines is 1. The van der Waals surface area contributed by atoms with Gasteiger partial charge in [0, 0.05) is 12.0 Å². The quantitative estimate of drug-likeness (QED) is 0.496. The first-order valence-corrected chi connectivity index (χ1v) is 10.1. The molecule has 0 radical (unpaired) electrons. The van der Waals surface area contributed by atoms with Crippen LogP contribution in [0.2, 0.25) is 10.0 Å². The van der Waals surface area contributed by atoms with Crippen molar-refractivity contribution in [1.82, 2.24) is 4.98 Å². The van der Waals surface area contributed by atoms with Crippen LogP contribution in [-0.4, -0.2) is 17.2 Å². The molecule has 0 aliphatic rings. The smallest absolute Gasteiger partial charge is 0.307 e. The molecule has 148 valence electrons. The van der Waals surface area contributed by atoms with E-state index in [4.69, 9.17) is 32.7 Å². The predicted molar refractivity (Wildman–Crippen MR) is 113 cm³/mol. The number of hydrogen-bond donors (Lipinski definition) is 2. The number of rotatable bonds is 6. The summed E-state index contributed by atoms with van der Waals surface area (Å²) in [5.74, 6) is 1.86. The molecule has 1 heterocycles. The Kier molecular flexibility index (Phi) is 6.23. The second kappa shape index (κ2) is 8.47. The number of halogens is 2. The third-order valence-corrected chi connectivity index (χ3v) is 5.60. The van der Waals surface area contributed by atoms with Crippen molar-refractivity contribution in [3.05, 3.63) is 66.0 Å². The van der Waals surface area contributed by atoms with Gasteiger partial charge in [0.1, 0.15) is 11.5 Å². The summed E-state index contributed by atoms with van der Waals surface area (Å²) in [5, 5.41) is 10.4. The van der Waals surface area contributed by atoms with Crippen molar-refractivity contribution in [2.24, 2.45) is 0 Å². The van der Waals surface area contributed by atoms with Crippen molar-refractivity contribution < 1.29 is 14.6 Å². The van der Waals surface area contributed by atoms with Crippen LogP contribution in [0, 0.1) is 0 Å². The van der Waals surface area contributed by atoms with E-state index in [1.165, 1.54) is 0 Å². The van der Waals surface area contributed by atoms with E-state index in [-0.39, 0.29) is 16.7 Å². The van der Waals surface area contributed by atoms with Gasteiger partial charge in [-0.05, 0) is 41.8 Å². The summed E-state index contributed by atoms with van der Waals surface area (Å²) >= 11 is 13.7. The summed E-state index contributed by atoms with van der Waals surface area (Å²) in [6.45, 7) is 4.14. The largest absolute Gasteiger partial charge is 0.496 e. The van der Waals surface area contributed by atoms with Crippen LogP contribution < -0.4 is 14.3 Å². The first-order chi connectivity index (χ1) is 13.3. The summed E-state index contributed by atoms with van der Waals surface area (Å²) < 4.78 is 11.3. The van der Waals surface area contributed by atoms with Crippen molar-refractivity contribution in [2.75, 3.05) is 7.11 Å². The molecule has 0 saturated carbocycles. The number of aromatic nitrogens is 1. The lowest BCUT2D eigenvalue weighted by Gasteiger charge is -2.15. The molecule has 8 heteroatoms. The van der Waals surface area contributed by atoms with Gasteiger partial charge in [-0.25, -0.2) is 0 Å². The van der Waals surface area contributed by atoms with Gasteiger partial charge < -0.3 is 14.6 Å². The van der Waals surface area contributed by atoms with Crippen molar-refractivity contribution >= 4 is 34.5 Å². The van der Waals surface area contributed by atoms with Crippen molar-refractivity contribution in [2.45, 2.75) is 26.2 Å². The Morgan fingerprint density at radius 1 is 1.18 bits per heavy atom. The summed E-state index contributed by atoms with van der Waals surface area (Å²) in [6, 6.07) is 8.95. The van der Waals surface area contributed by atoms with E-state index in [0.717, 1.165) is 28.2 Å². The van der Waals surface area contributed by atoms with Crippen LogP contribution in [0.4, 0.5) is 0 Å². The fourth-order valence-corrected chi connectivity index (χ4v) is 4.18. The number of nitrogens with one attached hydrogen (secondary N) is 1. The highest BCUT2D eigenvalue weighted by atomic mass is 35.5. The molecule has 0 spiro atoms. The van der Waals surface area contributed by atoms with Crippen molar-refractivity contribution in [1.29, 1.82) is 0 Å². The zero-order valence-electron chi connectivity index (χ0n) is 15.5. The molecule has 0 aliphatic carbocycles. The molecule has 0 aliphatic heterocycles.